The van der Waals surface area contributed by atoms with Crippen molar-refractivity contribution in [3.05, 3.63) is 66.7 Å². The third-order valence-corrected chi connectivity index (χ3v) is 3.81. The van der Waals surface area contributed by atoms with Crippen LogP contribution in [0.1, 0.15) is 5.56 Å². The van der Waals surface area contributed by atoms with Gasteiger partial charge in [0, 0.05) is 19.3 Å². The van der Waals surface area contributed by atoms with E-state index in [1.54, 1.807) is 13.2 Å². The Morgan fingerprint density at radius 1 is 1.12 bits per heavy atom. The molecule has 24 heavy (non-hydrogen) atoms. The summed E-state index contributed by atoms with van der Waals surface area (Å²) in [5.74, 6) is 1.65. The third kappa shape index (κ3) is 5.28. The highest BCUT2D eigenvalue weighted by Crippen LogP contribution is 2.16. The molecule has 0 bridgehead atoms. The number of methoxy groups -OCH3 is 1. The maximum absolute atomic E-state index is 5.48. The second-order valence-corrected chi connectivity index (χ2v) is 5.65. The van der Waals surface area contributed by atoms with Crippen molar-refractivity contribution in [3.8, 4) is 11.5 Å². The van der Waals surface area contributed by atoms with Crippen molar-refractivity contribution in [2.75, 3.05) is 26.1 Å². The van der Waals surface area contributed by atoms with E-state index < -0.39 is 0 Å². The molecule has 0 heterocycles. The minimum absolute atomic E-state index is 0.509. The molecule has 0 aliphatic rings. The van der Waals surface area contributed by atoms with Crippen molar-refractivity contribution in [3.63, 3.8) is 0 Å². The van der Waals surface area contributed by atoms with E-state index in [9.17, 15) is 0 Å². The summed E-state index contributed by atoms with van der Waals surface area (Å²) < 4.78 is 10.6. The number of benzene rings is 2. The van der Waals surface area contributed by atoms with Crippen molar-refractivity contribution < 1.29 is 9.47 Å². The van der Waals surface area contributed by atoms with Gasteiger partial charge in [0.15, 0.2) is 5.11 Å². The molecule has 2 rings (SSSR count). The molecule has 2 aromatic rings. The first kappa shape index (κ1) is 17.8. The Hall–Kier alpha value is -2.53. The molecule has 0 aliphatic heterocycles. The first-order valence-corrected chi connectivity index (χ1v) is 8.02. The van der Waals surface area contributed by atoms with Crippen molar-refractivity contribution in [1.29, 1.82) is 0 Å². The van der Waals surface area contributed by atoms with Crippen LogP contribution in [0, 0.1) is 0 Å². The summed E-state index contributed by atoms with van der Waals surface area (Å²) in [5.41, 5.74) is 2.09. The van der Waals surface area contributed by atoms with Crippen LogP contribution in [0.4, 0.5) is 5.69 Å². The van der Waals surface area contributed by atoms with Gasteiger partial charge >= 0.3 is 0 Å². The lowest BCUT2D eigenvalue weighted by Crippen LogP contribution is -2.30. The van der Waals surface area contributed by atoms with E-state index in [2.05, 4.69) is 11.9 Å². The van der Waals surface area contributed by atoms with E-state index in [0.717, 1.165) is 22.7 Å². The lowest BCUT2D eigenvalue weighted by atomic mass is 10.2. The lowest BCUT2D eigenvalue weighted by Gasteiger charge is -2.21. The molecule has 0 spiro atoms. The molecule has 0 aromatic heterocycles. The van der Waals surface area contributed by atoms with E-state index in [1.165, 1.54) is 0 Å². The van der Waals surface area contributed by atoms with Crippen molar-refractivity contribution in [1.82, 2.24) is 4.90 Å². The molecule has 2 aromatic carbocycles. The number of thiocarbonyl (C=S) groups is 1. The standard InChI is InChI=1S/C19H22N2O2S/c1-4-13-23-18-9-5-15(6-10-18)14-21(2)19(24)20-16-7-11-17(22-3)12-8-16/h4-12H,1,13-14H2,2-3H3,(H,20,24). The van der Waals surface area contributed by atoms with Gasteiger partial charge in [-0.25, -0.2) is 0 Å². The van der Waals surface area contributed by atoms with Crippen LogP contribution < -0.4 is 14.8 Å². The minimum Gasteiger partial charge on any atom is -0.497 e. The van der Waals surface area contributed by atoms with Crippen LogP contribution >= 0.6 is 12.2 Å². The van der Waals surface area contributed by atoms with Crippen LogP contribution in [-0.4, -0.2) is 30.8 Å². The van der Waals surface area contributed by atoms with Gasteiger partial charge in [-0.2, -0.15) is 0 Å². The number of nitrogens with zero attached hydrogens (tertiary/aromatic N) is 1. The quantitative estimate of drug-likeness (QED) is 0.605. The fourth-order valence-corrected chi connectivity index (χ4v) is 2.27. The van der Waals surface area contributed by atoms with E-state index in [-0.39, 0.29) is 0 Å². The molecular formula is C19H22N2O2S. The average molecular weight is 342 g/mol. The molecule has 126 valence electrons. The van der Waals surface area contributed by atoms with Crippen LogP contribution in [-0.2, 0) is 6.54 Å². The summed E-state index contributed by atoms with van der Waals surface area (Å²) in [4.78, 5) is 1.99. The lowest BCUT2D eigenvalue weighted by molar-refractivity contribution is 0.363. The summed E-state index contributed by atoms with van der Waals surface area (Å²) in [7, 11) is 3.61. The Labute approximate surface area is 148 Å². The van der Waals surface area contributed by atoms with Gasteiger partial charge in [-0.15, -0.1) is 0 Å². The molecule has 0 fully saturated rings. The average Bonchev–Trinajstić information content (AvgIpc) is 2.61. The summed E-state index contributed by atoms with van der Waals surface area (Å²) in [5, 5.41) is 3.88. The third-order valence-electron chi connectivity index (χ3n) is 3.40. The Morgan fingerprint density at radius 2 is 1.75 bits per heavy atom. The molecule has 0 amide bonds. The fraction of sp³-hybridized carbons (Fsp3) is 0.211. The van der Waals surface area contributed by atoms with Crippen LogP contribution in [0.2, 0.25) is 0 Å². The van der Waals surface area contributed by atoms with Gasteiger partial charge in [-0.05, 0) is 54.2 Å². The molecule has 1 N–H and O–H groups in total. The molecule has 0 unspecified atom stereocenters. The highest BCUT2D eigenvalue weighted by atomic mass is 32.1. The van der Waals surface area contributed by atoms with Gasteiger partial charge in [0.1, 0.15) is 18.1 Å². The number of nitrogens with one attached hydrogen (secondary N) is 1. The largest absolute Gasteiger partial charge is 0.497 e. The van der Waals surface area contributed by atoms with Crippen LogP contribution in [0.3, 0.4) is 0 Å². The molecule has 0 aliphatic carbocycles. The number of ether oxygens (including phenoxy) is 2. The van der Waals surface area contributed by atoms with Crippen LogP contribution in [0.5, 0.6) is 11.5 Å². The number of anilines is 1. The van der Waals surface area contributed by atoms with E-state index in [4.69, 9.17) is 21.7 Å². The smallest absolute Gasteiger partial charge is 0.173 e. The molecule has 0 saturated heterocycles. The highest BCUT2D eigenvalue weighted by Gasteiger charge is 2.06. The van der Waals surface area contributed by atoms with Gasteiger partial charge in [0.25, 0.3) is 0 Å². The Morgan fingerprint density at radius 3 is 2.33 bits per heavy atom. The topological polar surface area (TPSA) is 33.7 Å². The minimum atomic E-state index is 0.509. The molecule has 5 heteroatoms. The first-order valence-electron chi connectivity index (χ1n) is 7.61. The van der Waals surface area contributed by atoms with Gasteiger partial charge in [0.2, 0.25) is 0 Å². The molecule has 0 saturated carbocycles. The van der Waals surface area contributed by atoms with Crippen LogP contribution in [0.25, 0.3) is 0 Å². The molecule has 4 nitrogen and oxygen atoms in total. The number of rotatable bonds is 7. The summed E-state index contributed by atoms with van der Waals surface area (Å²) >= 11 is 5.45. The zero-order valence-corrected chi connectivity index (χ0v) is 14.8. The first-order chi connectivity index (χ1) is 11.6. The normalized spacial score (nSPS) is 9.92. The predicted octanol–water partition coefficient (Wildman–Crippen LogP) is 4.09. The van der Waals surface area contributed by atoms with Crippen molar-refractivity contribution >= 4 is 23.0 Å². The second-order valence-electron chi connectivity index (χ2n) is 5.26. The Bertz CT molecular complexity index is 669. The fourth-order valence-electron chi connectivity index (χ4n) is 2.09. The number of hydrogen-bond acceptors (Lipinski definition) is 3. The van der Waals surface area contributed by atoms with Gasteiger partial charge < -0.3 is 19.7 Å². The Balaban J connectivity index is 1.89. The molecule has 0 radical (unpaired) electrons. The predicted molar refractivity (Wildman–Crippen MR) is 103 cm³/mol. The maximum Gasteiger partial charge on any atom is 0.173 e. The second kappa shape index (κ2) is 8.93. The van der Waals surface area contributed by atoms with Gasteiger partial charge in [-0.1, -0.05) is 24.8 Å². The highest BCUT2D eigenvalue weighted by molar-refractivity contribution is 7.80. The monoisotopic (exact) mass is 342 g/mol. The SMILES string of the molecule is C=CCOc1ccc(CN(C)C(=S)Nc2ccc(OC)cc2)cc1. The van der Waals surface area contributed by atoms with Crippen LogP contribution in [0.15, 0.2) is 61.2 Å². The summed E-state index contributed by atoms with van der Waals surface area (Å²) in [6, 6.07) is 15.6. The summed E-state index contributed by atoms with van der Waals surface area (Å²) in [6.45, 7) is 4.86. The zero-order valence-electron chi connectivity index (χ0n) is 14.0. The zero-order chi connectivity index (χ0) is 17.4. The van der Waals surface area contributed by atoms with E-state index >= 15 is 0 Å². The van der Waals surface area contributed by atoms with E-state index in [1.807, 2.05) is 60.5 Å². The van der Waals surface area contributed by atoms with E-state index in [0.29, 0.717) is 18.3 Å². The van der Waals surface area contributed by atoms with Crippen molar-refractivity contribution in [2.24, 2.45) is 0 Å². The summed E-state index contributed by atoms with van der Waals surface area (Å²) in [6.07, 6.45) is 1.73. The number of hydrogen-bond donors (Lipinski definition) is 1. The molecular weight excluding hydrogens is 320 g/mol. The molecule has 0 atom stereocenters. The van der Waals surface area contributed by atoms with Gasteiger partial charge in [0.05, 0.1) is 7.11 Å². The van der Waals surface area contributed by atoms with Gasteiger partial charge in [-0.3, -0.25) is 0 Å². The maximum atomic E-state index is 5.48. The Kier molecular flexibility index (Phi) is 6.63. The van der Waals surface area contributed by atoms with Crippen molar-refractivity contribution in [2.45, 2.75) is 6.54 Å².